The van der Waals surface area contributed by atoms with E-state index in [0.29, 0.717) is 0 Å². The summed E-state index contributed by atoms with van der Waals surface area (Å²) in [5.74, 6) is 0. The third-order valence-electron chi connectivity index (χ3n) is 2.91. The van der Waals surface area contributed by atoms with Gasteiger partial charge in [-0.1, -0.05) is 31.2 Å². The molecule has 2 heteroatoms. The topological polar surface area (TPSA) is 21.3 Å². The van der Waals surface area contributed by atoms with Gasteiger partial charge in [0.05, 0.1) is 12.1 Å². The van der Waals surface area contributed by atoms with E-state index in [1.54, 1.807) is 7.11 Å². The Bertz CT molecular complexity index is 294. The largest absolute Gasteiger partial charge is 0.379 e. The average molecular weight is 207 g/mol. The zero-order chi connectivity index (χ0) is 11.3. The molecule has 1 N–H and O–H groups in total. The first-order chi connectivity index (χ1) is 7.24. The van der Waals surface area contributed by atoms with Crippen molar-refractivity contribution in [3.63, 3.8) is 0 Å². The quantitative estimate of drug-likeness (QED) is 0.801. The maximum absolute atomic E-state index is 5.50. The fourth-order valence-corrected chi connectivity index (χ4v) is 2.02. The molecule has 2 atom stereocenters. The molecule has 2 unspecified atom stereocenters. The van der Waals surface area contributed by atoms with Crippen molar-refractivity contribution in [1.29, 1.82) is 0 Å². The van der Waals surface area contributed by atoms with Crippen molar-refractivity contribution in [2.45, 2.75) is 32.4 Å². The highest BCUT2D eigenvalue weighted by Gasteiger charge is 2.20. The van der Waals surface area contributed by atoms with Crippen LogP contribution in [-0.4, -0.2) is 20.3 Å². The van der Waals surface area contributed by atoms with Crippen LogP contribution in [0.1, 0.15) is 30.5 Å². The summed E-state index contributed by atoms with van der Waals surface area (Å²) in [7, 11) is 3.76. The van der Waals surface area contributed by atoms with Crippen molar-refractivity contribution in [1.82, 2.24) is 5.32 Å². The summed E-state index contributed by atoms with van der Waals surface area (Å²) in [4.78, 5) is 0. The molecular weight excluding hydrogens is 186 g/mol. The van der Waals surface area contributed by atoms with Crippen molar-refractivity contribution >= 4 is 0 Å². The van der Waals surface area contributed by atoms with E-state index < -0.39 is 0 Å². The van der Waals surface area contributed by atoms with E-state index in [1.165, 1.54) is 11.1 Å². The number of aryl methyl sites for hydroxylation is 1. The second kappa shape index (κ2) is 5.89. The Hall–Kier alpha value is -0.860. The predicted octanol–water partition coefficient (Wildman–Crippen LogP) is 2.68. The van der Waals surface area contributed by atoms with Crippen molar-refractivity contribution in [3.8, 4) is 0 Å². The van der Waals surface area contributed by atoms with Crippen LogP contribution in [0, 0.1) is 6.92 Å². The first-order valence-corrected chi connectivity index (χ1v) is 5.50. The van der Waals surface area contributed by atoms with Gasteiger partial charge in [-0.25, -0.2) is 0 Å². The average Bonchev–Trinajstić information content (AvgIpc) is 2.27. The highest BCUT2D eigenvalue weighted by Crippen LogP contribution is 2.23. The Morgan fingerprint density at radius 1 is 1.33 bits per heavy atom. The van der Waals surface area contributed by atoms with Gasteiger partial charge in [0.25, 0.3) is 0 Å². The van der Waals surface area contributed by atoms with Crippen LogP contribution in [-0.2, 0) is 4.74 Å². The Morgan fingerprint density at radius 3 is 2.47 bits per heavy atom. The predicted molar refractivity (Wildman–Crippen MR) is 64.1 cm³/mol. The number of methoxy groups -OCH3 is 1. The SMILES string of the molecule is CCC(OC)C(NC)c1ccccc1C. The molecule has 0 radical (unpaired) electrons. The fraction of sp³-hybridized carbons (Fsp3) is 0.538. The fourth-order valence-electron chi connectivity index (χ4n) is 2.02. The zero-order valence-corrected chi connectivity index (χ0v) is 10.1. The minimum atomic E-state index is 0.232. The van der Waals surface area contributed by atoms with Crippen molar-refractivity contribution < 1.29 is 4.74 Å². The summed E-state index contributed by atoms with van der Waals surface area (Å²) in [5, 5.41) is 3.34. The van der Waals surface area contributed by atoms with Gasteiger partial charge in [-0.15, -0.1) is 0 Å². The molecule has 2 nitrogen and oxygen atoms in total. The van der Waals surface area contributed by atoms with E-state index in [9.17, 15) is 0 Å². The minimum Gasteiger partial charge on any atom is -0.379 e. The summed E-state index contributed by atoms with van der Waals surface area (Å²) < 4.78 is 5.50. The number of ether oxygens (including phenoxy) is 1. The third kappa shape index (κ3) is 2.80. The number of hydrogen-bond donors (Lipinski definition) is 1. The first-order valence-electron chi connectivity index (χ1n) is 5.50. The molecule has 0 spiro atoms. The van der Waals surface area contributed by atoms with Crippen LogP contribution in [0.25, 0.3) is 0 Å². The highest BCUT2D eigenvalue weighted by molar-refractivity contribution is 5.29. The zero-order valence-electron chi connectivity index (χ0n) is 10.1. The van der Waals surface area contributed by atoms with Crippen LogP contribution in [0.4, 0.5) is 0 Å². The van der Waals surface area contributed by atoms with Crippen molar-refractivity contribution in [3.05, 3.63) is 35.4 Å². The summed E-state index contributed by atoms with van der Waals surface area (Å²) in [6, 6.07) is 8.73. The molecule has 0 bridgehead atoms. The third-order valence-corrected chi connectivity index (χ3v) is 2.91. The number of rotatable bonds is 5. The van der Waals surface area contributed by atoms with E-state index in [0.717, 1.165) is 6.42 Å². The summed E-state index contributed by atoms with van der Waals surface area (Å²) >= 11 is 0. The number of benzene rings is 1. The molecular formula is C13H21NO. The summed E-state index contributed by atoms with van der Waals surface area (Å²) in [6.45, 7) is 4.29. The van der Waals surface area contributed by atoms with Gasteiger partial charge in [0, 0.05) is 7.11 Å². The molecule has 84 valence electrons. The van der Waals surface area contributed by atoms with Gasteiger partial charge in [-0.05, 0) is 31.5 Å². The maximum atomic E-state index is 5.50. The lowest BCUT2D eigenvalue weighted by molar-refractivity contribution is 0.0674. The molecule has 0 amide bonds. The van der Waals surface area contributed by atoms with Crippen LogP contribution in [0.3, 0.4) is 0 Å². The van der Waals surface area contributed by atoms with Gasteiger partial charge in [0.2, 0.25) is 0 Å². The first kappa shape index (κ1) is 12.2. The molecule has 0 aliphatic carbocycles. The summed E-state index contributed by atoms with van der Waals surface area (Å²) in [5.41, 5.74) is 2.64. The van der Waals surface area contributed by atoms with Crippen LogP contribution < -0.4 is 5.32 Å². The lowest BCUT2D eigenvalue weighted by atomic mass is 9.96. The molecule has 1 rings (SSSR count). The van der Waals surface area contributed by atoms with Gasteiger partial charge in [0.1, 0.15) is 0 Å². The standard InChI is InChI=1S/C13H21NO/c1-5-12(15-4)13(14-3)11-9-7-6-8-10(11)2/h6-9,12-14H,5H2,1-4H3. The Morgan fingerprint density at radius 2 is 2.00 bits per heavy atom. The molecule has 0 aliphatic heterocycles. The van der Waals surface area contributed by atoms with Gasteiger partial charge < -0.3 is 10.1 Å². The van der Waals surface area contributed by atoms with Crippen LogP contribution in [0.2, 0.25) is 0 Å². The van der Waals surface area contributed by atoms with Crippen LogP contribution >= 0.6 is 0 Å². The lowest BCUT2D eigenvalue weighted by Gasteiger charge is -2.26. The van der Waals surface area contributed by atoms with Gasteiger partial charge in [0.15, 0.2) is 0 Å². The van der Waals surface area contributed by atoms with Gasteiger partial charge >= 0.3 is 0 Å². The van der Waals surface area contributed by atoms with E-state index in [2.05, 4.69) is 43.4 Å². The van der Waals surface area contributed by atoms with Gasteiger partial charge in [-0.2, -0.15) is 0 Å². The molecule has 0 aliphatic rings. The molecule has 0 saturated heterocycles. The molecule has 0 aromatic heterocycles. The molecule has 1 aromatic rings. The monoisotopic (exact) mass is 207 g/mol. The molecule has 0 heterocycles. The van der Waals surface area contributed by atoms with E-state index in [-0.39, 0.29) is 12.1 Å². The summed E-state index contributed by atoms with van der Waals surface area (Å²) in [6.07, 6.45) is 1.24. The molecule has 15 heavy (non-hydrogen) atoms. The van der Waals surface area contributed by atoms with E-state index in [4.69, 9.17) is 4.74 Å². The van der Waals surface area contributed by atoms with E-state index in [1.807, 2.05) is 7.05 Å². The van der Waals surface area contributed by atoms with Gasteiger partial charge in [-0.3, -0.25) is 0 Å². The second-order valence-corrected chi connectivity index (χ2v) is 3.81. The van der Waals surface area contributed by atoms with Crippen LogP contribution in [0.5, 0.6) is 0 Å². The lowest BCUT2D eigenvalue weighted by Crippen LogP contribution is -2.31. The Labute approximate surface area is 92.6 Å². The number of nitrogens with one attached hydrogen (secondary N) is 1. The highest BCUT2D eigenvalue weighted by atomic mass is 16.5. The Kier molecular flexibility index (Phi) is 4.79. The second-order valence-electron chi connectivity index (χ2n) is 3.81. The molecule has 0 fully saturated rings. The number of likely N-dealkylation sites (N-methyl/N-ethyl adjacent to an activating group) is 1. The maximum Gasteiger partial charge on any atom is 0.0763 e. The molecule has 1 aromatic carbocycles. The van der Waals surface area contributed by atoms with Crippen LogP contribution in [0.15, 0.2) is 24.3 Å². The normalized spacial score (nSPS) is 14.9. The smallest absolute Gasteiger partial charge is 0.0763 e. The number of hydrogen-bond acceptors (Lipinski definition) is 2. The van der Waals surface area contributed by atoms with Crippen molar-refractivity contribution in [2.75, 3.05) is 14.2 Å². The Balaban J connectivity index is 2.96. The van der Waals surface area contributed by atoms with E-state index >= 15 is 0 Å². The van der Waals surface area contributed by atoms with Crippen molar-refractivity contribution in [2.24, 2.45) is 0 Å². The minimum absolute atomic E-state index is 0.232. The molecule has 0 saturated carbocycles.